The van der Waals surface area contributed by atoms with E-state index in [2.05, 4.69) is 15.6 Å². The normalized spacial score (nSPS) is 14.8. The first-order valence-corrected chi connectivity index (χ1v) is 10.3. The third kappa shape index (κ3) is 4.96. The number of para-hydroxylation sites is 1. The zero-order chi connectivity index (χ0) is 17.9. The fourth-order valence-corrected chi connectivity index (χ4v) is 3.63. The Morgan fingerprint density at radius 1 is 1.28 bits per heavy atom. The molecule has 1 saturated carbocycles. The minimum atomic E-state index is -3.33. The smallest absolute Gasteiger partial charge is 0.315 e. The number of urea groups is 1. The third-order valence-electron chi connectivity index (χ3n) is 4.33. The number of sulfonamides is 1. The Morgan fingerprint density at radius 2 is 2.04 bits per heavy atom. The second kappa shape index (κ2) is 7.45. The Bertz CT molecular complexity index is 842. The highest BCUT2D eigenvalue weighted by Crippen LogP contribution is 2.19. The highest BCUT2D eigenvalue weighted by molar-refractivity contribution is 7.88. The lowest BCUT2D eigenvalue weighted by Gasteiger charge is -2.20. The number of amides is 2. The van der Waals surface area contributed by atoms with Crippen LogP contribution < -0.4 is 10.6 Å². The number of nitrogens with zero attached hydrogens (tertiary/aromatic N) is 1. The largest absolute Gasteiger partial charge is 0.361 e. The number of hydrogen-bond donors (Lipinski definition) is 3. The lowest BCUT2D eigenvalue weighted by atomic mass is 10.1. The summed E-state index contributed by atoms with van der Waals surface area (Å²) in [6.45, 7) is 0.936. The van der Waals surface area contributed by atoms with Crippen molar-refractivity contribution in [1.29, 1.82) is 0 Å². The molecule has 1 heterocycles. The monoisotopic (exact) mass is 364 g/mol. The SMILES string of the molecule is CS(=O)(=O)N(CCNC(=O)NC1CC1)CCc1c[nH]c2ccccc12. The van der Waals surface area contributed by atoms with Gasteiger partial charge in [-0.15, -0.1) is 0 Å². The molecule has 136 valence electrons. The highest BCUT2D eigenvalue weighted by atomic mass is 32.2. The molecule has 2 aromatic rings. The summed E-state index contributed by atoms with van der Waals surface area (Å²) in [6.07, 6.45) is 5.78. The molecule has 1 aromatic carbocycles. The lowest BCUT2D eigenvalue weighted by molar-refractivity contribution is 0.239. The van der Waals surface area contributed by atoms with E-state index in [1.165, 1.54) is 10.6 Å². The quantitative estimate of drug-likeness (QED) is 0.661. The van der Waals surface area contributed by atoms with E-state index in [4.69, 9.17) is 0 Å². The van der Waals surface area contributed by atoms with Gasteiger partial charge in [-0.05, 0) is 30.9 Å². The molecule has 0 unspecified atom stereocenters. The molecule has 3 N–H and O–H groups in total. The lowest BCUT2D eigenvalue weighted by Crippen LogP contribution is -2.43. The number of H-pyrrole nitrogens is 1. The van der Waals surface area contributed by atoms with Crippen molar-refractivity contribution in [1.82, 2.24) is 19.9 Å². The van der Waals surface area contributed by atoms with Gasteiger partial charge in [0.2, 0.25) is 10.0 Å². The van der Waals surface area contributed by atoms with Crippen molar-refractivity contribution in [2.24, 2.45) is 0 Å². The number of aromatic nitrogens is 1. The highest BCUT2D eigenvalue weighted by Gasteiger charge is 2.23. The maximum Gasteiger partial charge on any atom is 0.315 e. The summed E-state index contributed by atoms with van der Waals surface area (Å²) in [4.78, 5) is 14.8. The van der Waals surface area contributed by atoms with Crippen molar-refractivity contribution < 1.29 is 13.2 Å². The number of carbonyl (C=O) groups is 1. The number of aromatic amines is 1. The van der Waals surface area contributed by atoms with Gasteiger partial charge in [0.25, 0.3) is 0 Å². The van der Waals surface area contributed by atoms with Gasteiger partial charge in [-0.2, -0.15) is 0 Å². The van der Waals surface area contributed by atoms with E-state index >= 15 is 0 Å². The second-order valence-corrected chi connectivity index (χ2v) is 8.43. The molecule has 1 aliphatic rings. The molecule has 0 aliphatic heterocycles. The first kappa shape index (κ1) is 17.8. The molecule has 0 radical (unpaired) electrons. The zero-order valence-electron chi connectivity index (χ0n) is 14.3. The van der Waals surface area contributed by atoms with Gasteiger partial charge in [0.05, 0.1) is 6.26 Å². The molecule has 7 nitrogen and oxygen atoms in total. The predicted octanol–water partition coefficient (Wildman–Crippen LogP) is 1.43. The van der Waals surface area contributed by atoms with E-state index in [1.807, 2.05) is 30.5 Å². The molecule has 0 atom stereocenters. The first-order chi connectivity index (χ1) is 11.9. The minimum Gasteiger partial charge on any atom is -0.361 e. The topological polar surface area (TPSA) is 94.3 Å². The average molecular weight is 364 g/mol. The molecule has 25 heavy (non-hydrogen) atoms. The molecule has 1 fully saturated rings. The van der Waals surface area contributed by atoms with Gasteiger partial charge in [0.1, 0.15) is 0 Å². The molecule has 2 amide bonds. The maximum atomic E-state index is 12.0. The molecule has 0 spiro atoms. The summed E-state index contributed by atoms with van der Waals surface area (Å²) in [7, 11) is -3.33. The Balaban J connectivity index is 1.54. The standard InChI is InChI=1S/C17H24N4O3S/c1-25(23,24)21(11-9-18-17(22)20-14-6-7-14)10-8-13-12-19-16-5-3-2-4-15(13)16/h2-5,12,14,19H,6-11H2,1H3,(H2,18,20,22). The number of nitrogens with one attached hydrogen (secondary N) is 3. The van der Waals surface area contributed by atoms with E-state index in [0.29, 0.717) is 19.5 Å². The number of rotatable bonds is 8. The summed E-state index contributed by atoms with van der Waals surface area (Å²) in [6, 6.07) is 8.01. The van der Waals surface area contributed by atoms with Crippen molar-refractivity contribution in [3.05, 3.63) is 36.0 Å². The van der Waals surface area contributed by atoms with E-state index in [1.54, 1.807) is 0 Å². The van der Waals surface area contributed by atoms with Crippen LogP contribution in [0.5, 0.6) is 0 Å². The summed E-state index contributed by atoms with van der Waals surface area (Å²) < 4.78 is 25.4. The minimum absolute atomic E-state index is 0.229. The fraction of sp³-hybridized carbons (Fsp3) is 0.471. The van der Waals surface area contributed by atoms with Crippen LogP contribution in [0.25, 0.3) is 10.9 Å². The molecule has 0 bridgehead atoms. The van der Waals surface area contributed by atoms with E-state index < -0.39 is 10.0 Å². The van der Waals surface area contributed by atoms with E-state index in [0.717, 1.165) is 29.3 Å². The van der Waals surface area contributed by atoms with Crippen LogP contribution in [-0.4, -0.2) is 55.7 Å². The Morgan fingerprint density at radius 3 is 2.76 bits per heavy atom. The van der Waals surface area contributed by atoms with Crippen molar-refractivity contribution in [2.75, 3.05) is 25.9 Å². The summed E-state index contributed by atoms with van der Waals surface area (Å²) in [5.74, 6) is 0. The van der Waals surface area contributed by atoms with Gasteiger partial charge in [-0.3, -0.25) is 0 Å². The summed E-state index contributed by atoms with van der Waals surface area (Å²) in [5.41, 5.74) is 2.13. The number of hydrogen-bond acceptors (Lipinski definition) is 3. The number of fused-ring (bicyclic) bond motifs is 1. The molecule has 1 aliphatic carbocycles. The van der Waals surface area contributed by atoms with Crippen LogP contribution >= 0.6 is 0 Å². The van der Waals surface area contributed by atoms with Gasteiger partial charge >= 0.3 is 6.03 Å². The van der Waals surface area contributed by atoms with Crippen molar-refractivity contribution in [3.8, 4) is 0 Å². The third-order valence-corrected chi connectivity index (χ3v) is 5.64. The van der Waals surface area contributed by atoms with E-state index in [9.17, 15) is 13.2 Å². The Kier molecular flexibility index (Phi) is 5.29. The second-order valence-electron chi connectivity index (χ2n) is 6.45. The van der Waals surface area contributed by atoms with Crippen LogP contribution in [0.2, 0.25) is 0 Å². The Labute approximate surface area is 147 Å². The summed E-state index contributed by atoms with van der Waals surface area (Å²) >= 11 is 0. The number of benzene rings is 1. The molecule has 3 rings (SSSR count). The van der Waals surface area contributed by atoms with Crippen LogP contribution in [0.15, 0.2) is 30.5 Å². The van der Waals surface area contributed by atoms with Crippen molar-refractivity contribution in [2.45, 2.75) is 25.3 Å². The fourth-order valence-electron chi connectivity index (χ4n) is 2.79. The Hall–Kier alpha value is -2.06. The van der Waals surface area contributed by atoms with Crippen LogP contribution in [0.4, 0.5) is 4.79 Å². The molecular formula is C17H24N4O3S. The molecule has 0 saturated heterocycles. The van der Waals surface area contributed by atoms with Crippen LogP contribution in [0.1, 0.15) is 18.4 Å². The molecule has 1 aromatic heterocycles. The van der Waals surface area contributed by atoms with Crippen molar-refractivity contribution >= 4 is 27.0 Å². The van der Waals surface area contributed by atoms with Gasteiger partial charge < -0.3 is 15.6 Å². The zero-order valence-corrected chi connectivity index (χ0v) is 15.1. The summed E-state index contributed by atoms with van der Waals surface area (Å²) in [5, 5.41) is 6.64. The average Bonchev–Trinajstić information content (AvgIpc) is 3.27. The predicted molar refractivity (Wildman–Crippen MR) is 98.0 cm³/mol. The van der Waals surface area contributed by atoms with Gasteiger partial charge in [-0.1, -0.05) is 18.2 Å². The van der Waals surface area contributed by atoms with Crippen LogP contribution in [0.3, 0.4) is 0 Å². The van der Waals surface area contributed by atoms with Gasteiger partial charge in [-0.25, -0.2) is 17.5 Å². The van der Waals surface area contributed by atoms with Crippen LogP contribution in [0, 0.1) is 0 Å². The molecular weight excluding hydrogens is 340 g/mol. The first-order valence-electron chi connectivity index (χ1n) is 8.48. The maximum absolute atomic E-state index is 12.0. The van der Waals surface area contributed by atoms with E-state index in [-0.39, 0.29) is 18.6 Å². The number of carbonyl (C=O) groups excluding carboxylic acids is 1. The molecule has 8 heteroatoms. The van der Waals surface area contributed by atoms with Crippen molar-refractivity contribution in [3.63, 3.8) is 0 Å². The van der Waals surface area contributed by atoms with Gasteiger partial charge in [0, 0.05) is 42.8 Å². The van der Waals surface area contributed by atoms with Gasteiger partial charge in [0.15, 0.2) is 0 Å². The van der Waals surface area contributed by atoms with Crippen LogP contribution in [-0.2, 0) is 16.4 Å².